The summed E-state index contributed by atoms with van der Waals surface area (Å²) in [5.74, 6) is -1.52. The summed E-state index contributed by atoms with van der Waals surface area (Å²) >= 11 is 5.81. The lowest BCUT2D eigenvalue weighted by molar-refractivity contribution is 0.102. The Balaban J connectivity index is 1.79. The van der Waals surface area contributed by atoms with Gasteiger partial charge in [-0.25, -0.2) is 17.5 Å². The second kappa shape index (κ2) is 9.03. The zero-order valence-corrected chi connectivity index (χ0v) is 16.8. The monoisotopic (exact) mass is 424 g/mol. The number of carbonyl (C=O) groups excluding carboxylic acids is 1. The van der Waals surface area contributed by atoms with Gasteiger partial charge in [0.2, 0.25) is 10.0 Å². The Bertz CT molecular complexity index is 940. The molecule has 0 bridgehead atoms. The molecule has 2 aromatic rings. The zero-order valence-electron chi connectivity index (χ0n) is 15.3. The minimum atomic E-state index is -3.84. The van der Waals surface area contributed by atoms with E-state index >= 15 is 0 Å². The molecule has 2 aromatic carbocycles. The Morgan fingerprint density at radius 3 is 2.29 bits per heavy atom. The average Bonchev–Trinajstić information content (AvgIpc) is 2.92. The van der Waals surface area contributed by atoms with Crippen LogP contribution >= 0.6 is 11.6 Å². The summed E-state index contributed by atoms with van der Waals surface area (Å²) in [7, 11) is -3.84. The summed E-state index contributed by atoms with van der Waals surface area (Å²) in [4.78, 5) is 12.3. The van der Waals surface area contributed by atoms with E-state index in [1.807, 2.05) is 0 Å². The van der Waals surface area contributed by atoms with Crippen molar-refractivity contribution in [1.82, 2.24) is 4.72 Å². The van der Waals surface area contributed by atoms with Crippen LogP contribution in [0.4, 0.5) is 10.1 Å². The maximum absolute atomic E-state index is 14.2. The smallest absolute Gasteiger partial charge is 0.258 e. The van der Waals surface area contributed by atoms with Gasteiger partial charge in [-0.3, -0.25) is 4.79 Å². The molecule has 5 nitrogen and oxygen atoms in total. The van der Waals surface area contributed by atoms with Crippen molar-refractivity contribution in [1.29, 1.82) is 0 Å². The molecule has 1 fully saturated rings. The van der Waals surface area contributed by atoms with E-state index in [1.54, 1.807) is 24.3 Å². The molecule has 2 N–H and O–H groups in total. The Hall–Kier alpha value is -1.96. The van der Waals surface area contributed by atoms with E-state index in [4.69, 9.17) is 11.6 Å². The van der Waals surface area contributed by atoms with E-state index in [2.05, 4.69) is 10.0 Å². The Labute approximate surface area is 169 Å². The van der Waals surface area contributed by atoms with Crippen molar-refractivity contribution in [2.75, 3.05) is 5.32 Å². The van der Waals surface area contributed by atoms with Crippen LogP contribution in [0.3, 0.4) is 0 Å². The van der Waals surface area contributed by atoms with Crippen molar-refractivity contribution in [2.45, 2.75) is 49.5 Å². The normalized spacial score (nSPS) is 15.8. The number of hydrogen-bond acceptors (Lipinski definition) is 3. The second-order valence-electron chi connectivity index (χ2n) is 6.91. The summed E-state index contributed by atoms with van der Waals surface area (Å²) < 4.78 is 42.3. The largest absolute Gasteiger partial charge is 0.322 e. The molecule has 0 spiro atoms. The van der Waals surface area contributed by atoms with Crippen LogP contribution in [-0.2, 0) is 10.0 Å². The third-order valence-corrected chi connectivity index (χ3v) is 6.54. The van der Waals surface area contributed by atoms with Gasteiger partial charge in [-0.15, -0.1) is 0 Å². The molecule has 0 saturated heterocycles. The second-order valence-corrected chi connectivity index (χ2v) is 9.06. The molecule has 0 unspecified atom stereocenters. The SMILES string of the molecule is O=C(Nc1ccc(Cl)cc1)c1cc(S(=O)(=O)NC2CCCCCC2)ccc1F. The standard InChI is InChI=1S/C20H22ClFN2O3S/c21-14-7-9-15(10-8-14)23-20(25)18-13-17(11-12-19(18)22)28(26,27)24-16-5-3-1-2-4-6-16/h7-13,16,24H,1-6H2,(H,23,25). The van der Waals surface area contributed by atoms with Crippen LogP contribution in [0.25, 0.3) is 0 Å². The summed E-state index contributed by atoms with van der Waals surface area (Å²) in [6.45, 7) is 0. The molecular weight excluding hydrogens is 403 g/mol. The first-order valence-corrected chi connectivity index (χ1v) is 11.1. The topological polar surface area (TPSA) is 75.3 Å². The number of amides is 1. The molecule has 0 heterocycles. The number of hydrogen-bond donors (Lipinski definition) is 2. The number of halogens is 2. The Morgan fingerprint density at radius 2 is 1.64 bits per heavy atom. The summed E-state index contributed by atoms with van der Waals surface area (Å²) in [5.41, 5.74) is 0.0948. The molecule has 3 rings (SSSR count). The highest BCUT2D eigenvalue weighted by Crippen LogP contribution is 2.22. The molecule has 28 heavy (non-hydrogen) atoms. The first-order chi connectivity index (χ1) is 13.3. The highest BCUT2D eigenvalue weighted by atomic mass is 35.5. The van der Waals surface area contributed by atoms with Gasteiger partial charge in [0.05, 0.1) is 10.5 Å². The first-order valence-electron chi connectivity index (χ1n) is 9.24. The predicted molar refractivity (Wildman–Crippen MR) is 108 cm³/mol. The van der Waals surface area contributed by atoms with E-state index in [0.29, 0.717) is 10.7 Å². The van der Waals surface area contributed by atoms with Crippen LogP contribution in [0.5, 0.6) is 0 Å². The number of carbonyl (C=O) groups is 1. The number of nitrogens with one attached hydrogen (secondary N) is 2. The zero-order chi connectivity index (χ0) is 20.1. The molecule has 0 aromatic heterocycles. The molecule has 1 aliphatic rings. The highest BCUT2D eigenvalue weighted by Gasteiger charge is 2.23. The summed E-state index contributed by atoms with van der Waals surface area (Å²) in [6.07, 6.45) is 5.72. The van der Waals surface area contributed by atoms with Crippen molar-refractivity contribution in [3.8, 4) is 0 Å². The molecule has 1 aliphatic carbocycles. The van der Waals surface area contributed by atoms with Crippen LogP contribution in [0.1, 0.15) is 48.9 Å². The Morgan fingerprint density at radius 1 is 1.00 bits per heavy atom. The van der Waals surface area contributed by atoms with Gasteiger partial charge in [0.1, 0.15) is 5.82 Å². The van der Waals surface area contributed by atoms with Gasteiger partial charge in [-0.1, -0.05) is 37.3 Å². The maximum Gasteiger partial charge on any atom is 0.258 e. The molecular formula is C20H22ClFN2O3S. The van der Waals surface area contributed by atoms with Gasteiger partial charge in [0.15, 0.2) is 0 Å². The lowest BCUT2D eigenvalue weighted by atomic mass is 10.1. The van der Waals surface area contributed by atoms with Gasteiger partial charge >= 0.3 is 0 Å². The first kappa shape index (κ1) is 20.8. The highest BCUT2D eigenvalue weighted by molar-refractivity contribution is 7.89. The molecule has 0 atom stereocenters. The summed E-state index contributed by atoms with van der Waals surface area (Å²) in [6, 6.07) is 9.43. The average molecular weight is 425 g/mol. The van der Waals surface area contributed by atoms with Crippen molar-refractivity contribution in [3.63, 3.8) is 0 Å². The quantitative estimate of drug-likeness (QED) is 0.681. The summed E-state index contributed by atoms with van der Waals surface area (Å²) in [5, 5.41) is 3.04. The third kappa shape index (κ3) is 5.31. The minimum absolute atomic E-state index is 0.126. The van der Waals surface area contributed by atoms with Gasteiger partial charge in [0, 0.05) is 16.8 Å². The van der Waals surface area contributed by atoms with E-state index in [9.17, 15) is 17.6 Å². The lowest BCUT2D eigenvalue weighted by Crippen LogP contribution is -2.34. The van der Waals surface area contributed by atoms with Crippen molar-refractivity contribution < 1.29 is 17.6 Å². The van der Waals surface area contributed by atoms with E-state index in [1.165, 1.54) is 6.07 Å². The lowest BCUT2D eigenvalue weighted by Gasteiger charge is -2.17. The fraction of sp³-hybridized carbons (Fsp3) is 0.350. The van der Waals surface area contributed by atoms with Crippen LogP contribution in [-0.4, -0.2) is 20.4 Å². The number of benzene rings is 2. The molecule has 0 radical (unpaired) electrons. The molecule has 0 aliphatic heterocycles. The maximum atomic E-state index is 14.2. The fourth-order valence-electron chi connectivity index (χ4n) is 3.26. The van der Waals surface area contributed by atoms with Crippen LogP contribution in [0.2, 0.25) is 5.02 Å². The van der Waals surface area contributed by atoms with Crippen LogP contribution < -0.4 is 10.0 Å². The molecule has 1 amide bonds. The fourth-order valence-corrected chi connectivity index (χ4v) is 4.72. The van der Waals surface area contributed by atoms with Gasteiger partial charge in [0.25, 0.3) is 5.91 Å². The molecule has 8 heteroatoms. The number of rotatable bonds is 5. The van der Waals surface area contributed by atoms with E-state index in [-0.39, 0.29) is 16.5 Å². The van der Waals surface area contributed by atoms with Crippen LogP contribution in [0, 0.1) is 5.82 Å². The van der Waals surface area contributed by atoms with Gasteiger partial charge in [-0.05, 0) is 55.3 Å². The van der Waals surface area contributed by atoms with Crippen molar-refractivity contribution in [3.05, 3.63) is 58.9 Å². The van der Waals surface area contributed by atoms with Gasteiger partial charge < -0.3 is 5.32 Å². The van der Waals surface area contributed by atoms with Crippen molar-refractivity contribution in [2.24, 2.45) is 0 Å². The van der Waals surface area contributed by atoms with Gasteiger partial charge in [-0.2, -0.15) is 0 Å². The predicted octanol–water partition coefficient (Wildman–Crippen LogP) is 4.73. The third-order valence-electron chi connectivity index (χ3n) is 4.77. The Kier molecular flexibility index (Phi) is 6.69. The van der Waals surface area contributed by atoms with E-state index in [0.717, 1.165) is 50.7 Å². The van der Waals surface area contributed by atoms with E-state index < -0.39 is 21.7 Å². The molecule has 1 saturated carbocycles. The number of anilines is 1. The molecule has 150 valence electrons. The minimum Gasteiger partial charge on any atom is -0.322 e. The van der Waals surface area contributed by atoms with Crippen molar-refractivity contribution >= 4 is 33.2 Å². The van der Waals surface area contributed by atoms with Crippen LogP contribution in [0.15, 0.2) is 47.4 Å². The number of sulfonamides is 1.